The Balaban J connectivity index is 2.06. The van der Waals surface area contributed by atoms with Gasteiger partial charge in [0.15, 0.2) is 0 Å². The predicted octanol–water partition coefficient (Wildman–Crippen LogP) is 7.67. The van der Waals surface area contributed by atoms with E-state index in [2.05, 4.69) is 115 Å². The van der Waals surface area contributed by atoms with E-state index in [0.29, 0.717) is 11.6 Å². The lowest BCUT2D eigenvalue weighted by atomic mass is 10.1. The van der Waals surface area contributed by atoms with Gasteiger partial charge in [-0.2, -0.15) is 0 Å². The van der Waals surface area contributed by atoms with Crippen molar-refractivity contribution in [1.29, 1.82) is 0 Å². The summed E-state index contributed by atoms with van der Waals surface area (Å²) in [5, 5.41) is 4.85. The highest BCUT2D eigenvalue weighted by Crippen LogP contribution is 2.66. The maximum atomic E-state index is 5.44. The van der Waals surface area contributed by atoms with Gasteiger partial charge in [0.2, 0.25) is 0 Å². The normalized spacial score (nSPS) is 17.4. The Labute approximate surface area is 204 Å². The zero-order chi connectivity index (χ0) is 24.4. The highest BCUT2D eigenvalue weighted by Gasteiger charge is 2.42. The van der Waals surface area contributed by atoms with Crippen molar-refractivity contribution in [2.24, 2.45) is 5.92 Å². The summed E-state index contributed by atoms with van der Waals surface area (Å²) in [6, 6.07) is 17.3. The molecule has 3 rings (SSSR count). The van der Waals surface area contributed by atoms with Crippen LogP contribution in [0.3, 0.4) is 0 Å². The second-order valence-corrected chi connectivity index (χ2v) is 17.1. The summed E-state index contributed by atoms with van der Waals surface area (Å²) in [7, 11) is 2.55. The van der Waals surface area contributed by atoms with Gasteiger partial charge < -0.3 is 9.47 Å². The van der Waals surface area contributed by atoms with Gasteiger partial charge in [-0.15, -0.1) is 0 Å². The lowest BCUT2D eigenvalue weighted by Gasteiger charge is -2.48. The van der Waals surface area contributed by atoms with Crippen LogP contribution in [-0.4, -0.2) is 30.2 Å². The first-order valence-electron chi connectivity index (χ1n) is 11.7. The topological polar surface area (TPSA) is 18.5 Å². The van der Waals surface area contributed by atoms with Gasteiger partial charge in [-0.05, 0) is 64.1 Å². The Bertz CT molecular complexity index is 915. The second-order valence-electron chi connectivity index (χ2n) is 10.7. The number of ether oxygens (including phenoxy) is 2. The van der Waals surface area contributed by atoms with Crippen molar-refractivity contribution in [3.05, 3.63) is 72.1 Å². The molecule has 0 saturated heterocycles. The minimum absolute atomic E-state index is 0.241. The van der Waals surface area contributed by atoms with Gasteiger partial charge in [0.05, 0.1) is 14.2 Å². The Kier molecular flexibility index (Phi) is 8.14. The molecule has 4 heteroatoms. The molecule has 1 aliphatic rings. The fourth-order valence-electron chi connectivity index (χ4n) is 5.41. The molecule has 0 heterocycles. The SMILES string of the molecule is COc1ccc(P(C2=CC=CC2[C@@H](C)P(C(C)(C)C)C(C)(C)C)c2ccc(OC)cc2)cc1. The van der Waals surface area contributed by atoms with E-state index in [9.17, 15) is 0 Å². The molecule has 0 spiro atoms. The molecule has 1 unspecified atom stereocenters. The Morgan fingerprint density at radius 3 is 1.52 bits per heavy atom. The smallest absolute Gasteiger partial charge is 0.118 e. The standard InChI is InChI=1S/C29H40O2P2/c1-21(33(28(2,3)4)29(5,6)7)26-11-10-12-27(26)32(24-17-13-22(30-8)14-18-24)25-19-15-23(31-9)16-20-25/h10-21,26H,1-9H3/t21-,26?/m1/s1. The molecular weight excluding hydrogens is 442 g/mol. The Morgan fingerprint density at radius 1 is 0.727 bits per heavy atom. The van der Waals surface area contributed by atoms with Crippen LogP contribution in [0.2, 0.25) is 0 Å². The summed E-state index contributed by atoms with van der Waals surface area (Å²) in [6.07, 6.45) is 7.13. The Morgan fingerprint density at radius 2 is 1.15 bits per heavy atom. The second kappa shape index (κ2) is 10.3. The van der Waals surface area contributed by atoms with Crippen LogP contribution in [0.1, 0.15) is 48.5 Å². The molecule has 0 saturated carbocycles. The lowest BCUT2D eigenvalue weighted by Crippen LogP contribution is -2.34. The van der Waals surface area contributed by atoms with E-state index < -0.39 is 7.92 Å². The van der Waals surface area contributed by atoms with Crippen LogP contribution in [0.5, 0.6) is 11.5 Å². The van der Waals surface area contributed by atoms with Crippen LogP contribution in [0.15, 0.2) is 72.1 Å². The number of allylic oxidation sites excluding steroid dienone is 4. The summed E-state index contributed by atoms with van der Waals surface area (Å²) in [4.78, 5) is 0. The average molecular weight is 483 g/mol. The molecular formula is C29H40O2P2. The third-order valence-electron chi connectivity index (χ3n) is 6.22. The van der Waals surface area contributed by atoms with Gasteiger partial charge in [0, 0.05) is 5.92 Å². The van der Waals surface area contributed by atoms with Gasteiger partial charge in [-0.3, -0.25) is 0 Å². The van der Waals surface area contributed by atoms with Gasteiger partial charge in [-0.25, -0.2) is 0 Å². The van der Waals surface area contributed by atoms with Gasteiger partial charge in [0.1, 0.15) is 11.5 Å². The van der Waals surface area contributed by atoms with Crippen molar-refractivity contribution in [2.45, 2.75) is 64.4 Å². The van der Waals surface area contributed by atoms with E-state index in [1.54, 1.807) is 19.5 Å². The minimum atomic E-state index is -0.657. The van der Waals surface area contributed by atoms with Gasteiger partial charge in [0.25, 0.3) is 0 Å². The molecule has 0 aliphatic heterocycles. The molecule has 33 heavy (non-hydrogen) atoms. The van der Waals surface area contributed by atoms with E-state index in [-0.39, 0.29) is 18.2 Å². The summed E-state index contributed by atoms with van der Waals surface area (Å²) >= 11 is 0. The van der Waals surface area contributed by atoms with Crippen LogP contribution in [0.25, 0.3) is 0 Å². The monoisotopic (exact) mass is 482 g/mol. The summed E-state index contributed by atoms with van der Waals surface area (Å²) in [5.41, 5.74) is 0.589. The molecule has 0 aromatic heterocycles. The zero-order valence-electron chi connectivity index (χ0n) is 21.7. The molecule has 0 radical (unpaired) electrons. The minimum Gasteiger partial charge on any atom is -0.497 e. The summed E-state index contributed by atoms with van der Waals surface area (Å²) < 4.78 is 10.9. The van der Waals surface area contributed by atoms with Crippen LogP contribution >= 0.6 is 15.8 Å². The number of hydrogen-bond acceptors (Lipinski definition) is 2. The molecule has 0 bridgehead atoms. The largest absolute Gasteiger partial charge is 0.497 e. The third kappa shape index (κ3) is 5.90. The predicted molar refractivity (Wildman–Crippen MR) is 149 cm³/mol. The Hall–Kier alpha value is -1.62. The van der Waals surface area contributed by atoms with E-state index in [1.165, 1.54) is 10.6 Å². The number of benzene rings is 2. The van der Waals surface area contributed by atoms with E-state index in [0.717, 1.165) is 11.5 Å². The number of hydrogen-bond donors (Lipinski definition) is 0. The maximum Gasteiger partial charge on any atom is 0.118 e. The third-order valence-corrected chi connectivity index (χ3v) is 12.8. The molecule has 2 aromatic carbocycles. The molecule has 1 aliphatic carbocycles. The van der Waals surface area contributed by atoms with Crippen molar-refractivity contribution in [2.75, 3.05) is 14.2 Å². The van der Waals surface area contributed by atoms with E-state index in [4.69, 9.17) is 9.47 Å². The summed E-state index contributed by atoms with van der Waals surface area (Å²) in [5.74, 6) is 2.25. The van der Waals surface area contributed by atoms with Crippen molar-refractivity contribution < 1.29 is 9.47 Å². The fourth-order valence-corrected chi connectivity index (χ4v) is 13.2. The molecule has 0 amide bonds. The van der Waals surface area contributed by atoms with Crippen LogP contribution in [0, 0.1) is 5.92 Å². The first-order chi connectivity index (χ1) is 15.5. The van der Waals surface area contributed by atoms with Crippen LogP contribution in [0.4, 0.5) is 0 Å². The first-order valence-corrected chi connectivity index (χ1v) is 14.5. The molecule has 0 fully saturated rings. The summed E-state index contributed by atoms with van der Waals surface area (Å²) in [6.45, 7) is 17.1. The van der Waals surface area contributed by atoms with Crippen molar-refractivity contribution >= 4 is 26.5 Å². The van der Waals surface area contributed by atoms with Crippen LogP contribution in [-0.2, 0) is 0 Å². The molecule has 2 aromatic rings. The quantitative estimate of drug-likeness (QED) is 0.377. The van der Waals surface area contributed by atoms with Crippen molar-refractivity contribution in [1.82, 2.24) is 0 Å². The highest BCUT2D eigenvalue weighted by atomic mass is 31.1. The van der Waals surface area contributed by atoms with Gasteiger partial charge in [-0.1, -0.05) is 98.9 Å². The molecule has 178 valence electrons. The average Bonchev–Trinajstić information content (AvgIpc) is 3.22. The van der Waals surface area contributed by atoms with Crippen molar-refractivity contribution in [3.63, 3.8) is 0 Å². The van der Waals surface area contributed by atoms with Gasteiger partial charge >= 0.3 is 0 Å². The van der Waals surface area contributed by atoms with E-state index in [1.807, 2.05) is 0 Å². The zero-order valence-corrected chi connectivity index (χ0v) is 23.5. The molecule has 2 atom stereocenters. The van der Waals surface area contributed by atoms with Crippen molar-refractivity contribution in [3.8, 4) is 11.5 Å². The fraction of sp³-hybridized carbons (Fsp3) is 0.448. The number of methoxy groups -OCH3 is 2. The molecule has 2 nitrogen and oxygen atoms in total. The first kappa shape index (κ1) is 26.0. The van der Waals surface area contributed by atoms with Crippen LogP contribution < -0.4 is 20.1 Å². The van der Waals surface area contributed by atoms with E-state index >= 15 is 0 Å². The number of rotatable bonds is 7. The molecule has 0 N–H and O–H groups in total. The highest BCUT2D eigenvalue weighted by molar-refractivity contribution is 7.76. The maximum absolute atomic E-state index is 5.44. The lowest BCUT2D eigenvalue weighted by molar-refractivity contribution is 0.415.